The molecule has 0 saturated heterocycles. The average molecular weight is 378 g/mol. The molecule has 0 saturated carbocycles. The van der Waals surface area contributed by atoms with Crippen LogP contribution in [0.25, 0.3) is 0 Å². The van der Waals surface area contributed by atoms with Crippen LogP contribution in [0.15, 0.2) is 24.3 Å². The van der Waals surface area contributed by atoms with Crippen LogP contribution in [-0.2, 0) is 17.9 Å². The first-order chi connectivity index (χ1) is 10.3. The van der Waals surface area contributed by atoms with Crippen LogP contribution in [0.2, 0.25) is 0 Å². The highest BCUT2D eigenvalue weighted by Gasteiger charge is 2.15. The van der Waals surface area contributed by atoms with E-state index >= 15 is 0 Å². The van der Waals surface area contributed by atoms with Gasteiger partial charge in [-0.1, -0.05) is 38.1 Å². The number of rotatable bonds is 8. The van der Waals surface area contributed by atoms with E-state index in [1.165, 1.54) is 5.56 Å². The van der Waals surface area contributed by atoms with Crippen molar-refractivity contribution in [2.24, 2.45) is 11.7 Å². The van der Waals surface area contributed by atoms with Gasteiger partial charge in [0, 0.05) is 19.1 Å². The number of carbonyl (C=O) groups excluding carboxylic acids is 1. The van der Waals surface area contributed by atoms with Crippen molar-refractivity contribution in [2.75, 3.05) is 7.05 Å². The Bertz CT molecular complexity index is 481. The smallest absolute Gasteiger partial charge is 0.237 e. The number of nitrogens with one attached hydrogen (secondary N) is 1. The van der Waals surface area contributed by atoms with E-state index in [-0.39, 0.29) is 30.7 Å². The largest absolute Gasteiger partial charge is 0.351 e. The van der Waals surface area contributed by atoms with Crippen molar-refractivity contribution in [1.82, 2.24) is 10.2 Å². The second-order valence-corrected chi connectivity index (χ2v) is 6.73. The van der Waals surface area contributed by atoms with Crippen molar-refractivity contribution in [3.63, 3.8) is 0 Å². The molecule has 1 rings (SSSR count). The molecule has 0 spiro atoms. The normalized spacial score (nSPS) is 11.9. The Kier molecular flexibility index (Phi) is 13.3. The molecular formula is C18H33Cl2N3O. The monoisotopic (exact) mass is 377 g/mol. The molecule has 1 aromatic carbocycles. The molecule has 0 fully saturated rings. The molecule has 3 N–H and O–H groups in total. The topological polar surface area (TPSA) is 58.4 Å². The van der Waals surface area contributed by atoms with Gasteiger partial charge < -0.3 is 11.1 Å². The molecule has 6 heteroatoms. The predicted octanol–water partition coefficient (Wildman–Crippen LogP) is 3.36. The number of halogens is 2. The summed E-state index contributed by atoms with van der Waals surface area (Å²) in [6.45, 7) is 9.91. The third-order valence-corrected chi connectivity index (χ3v) is 3.93. The van der Waals surface area contributed by atoms with Gasteiger partial charge in [-0.3, -0.25) is 9.69 Å². The summed E-state index contributed by atoms with van der Waals surface area (Å²) < 4.78 is 0. The molecule has 0 aliphatic rings. The molecule has 4 nitrogen and oxygen atoms in total. The van der Waals surface area contributed by atoms with Gasteiger partial charge in [0.05, 0.1) is 6.04 Å². The van der Waals surface area contributed by atoms with Gasteiger partial charge in [0.2, 0.25) is 5.91 Å². The lowest BCUT2D eigenvalue weighted by molar-refractivity contribution is -0.122. The second kappa shape index (κ2) is 12.5. The first-order valence-electron chi connectivity index (χ1n) is 8.11. The van der Waals surface area contributed by atoms with Crippen molar-refractivity contribution >= 4 is 30.7 Å². The first kappa shape index (κ1) is 25.4. The third-order valence-electron chi connectivity index (χ3n) is 3.93. The summed E-state index contributed by atoms with van der Waals surface area (Å²) in [5.74, 6) is 0.355. The van der Waals surface area contributed by atoms with E-state index in [1.807, 2.05) is 12.1 Å². The van der Waals surface area contributed by atoms with Crippen molar-refractivity contribution in [3.8, 4) is 0 Å². The van der Waals surface area contributed by atoms with Gasteiger partial charge >= 0.3 is 0 Å². The molecule has 0 aliphatic heterocycles. The van der Waals surface area contributed by atoms with E-state index in [4.69, 9.17) is 5.73 Å². The molecule has 0 unspecified atom stereocenters. The van der Waals surface area contributed by atoms with E-state index in [9.17, 15) is 4.79 Å². The van der Waals surface area contributed by atoms with Gasteiger partial charge in [0.15, 0.2) is 0 Å². The molecule has 0 radical (unpaired) electrons. The van der Waals surface area contributed by atoms with Crippen molar-refractivity contribution in [3.05, 3.63) is 35.4 Å². The molecule has 1 amide bonds. The summed E-state index contributed by atoms with van der Waals surface area (Å²) in [5, 5.41) is 2.96. The van der Waals surface area contributed by atoms with Crippen LogP contribution in [0.1, 0.15) is 45.2 Å². The van der Waals surface area contributed by atoms with Crippen LogP contribution in [0.3, 0.4) is 0 Å². The van der Waals surface area contributed by atoms with E-state index < -0.39 is 6.04 Å². The number of hydrogen-bond acceptors (Lipinski definition) is 3. The highest BCUT2D eigenvalue weighted by molar-refractivity contribution is 5.85. The quantitative estimate of drug-likeness (QED) is 0.729. The zero-order valence-electron chi connectivity index (χ0n) is 15.4. The Morgan fingerprint density at radius 3 is 2.17 bits per heavy atom. The molecular weight excluding hydrogens is 345 g/mol. The number of carbonyl (C=O) groups is 1. The van der Waals surface area contributed by atoms with Gasteiger partial charge in [-0.15, -0.1) is 24.8 Å². The van der Waals surface area contributed by atoms with Crippen LogP contribution in [-0.4, -0.2) is 29.9 Å². The van der Waals surface area contributed by atoms with Gasteiger partial charge in [-0.05, 0) is 44.4 Å². The number of hydrogen-bond donors (Lipinski definition) is 2. The minimum atomic E-state index is -0.425. The average Bonchev–Trinajstić information content (AvgIpc) is 2.45. The summed E-state index contributed by atoms with van der Waals surface area (Å²) in [7, 11) is 2.11. The van der Waals surface area contributed by atoms with Crippen molar-refractivity contribution < 1.29 is 4.79 Å². The summed E-state index contributed by atoms with van der Waals surface area (Å²) in [6, 6.07) is 8.30. The number of nitrogens with two attached hydrogens (primary N) is 1. The fourth-order valence-electron chi connectivity index (χ4n) is 2.26. The van der Waals surface area contributed by atoms with E-state index in [0.29, 0.717) is 24.9 Å². The first-order valence-corrected chi connectivity index (χ1v) is 8.11. The molecule has 140 valence electrons. The molecule has 0 bridgehead atoms. The van der Waals surface area contributed by atoms with Crippen LogP contribution in [0.4, 0.5) is 0 Å². The molecule has 1 aromatic rings. The number of nitrogens with zero attached hydrogens (tertiary/aromatic N) is 1. The molecule has 1 atom stereocenters. The Morgan fingerprint density at radius 1 is 1.12 bits per heavy atom. The van der Waals surface area contributed by atoms with E-state index in [0.717, 1.165) is 12.1 Å². The van der Waals surface area contributed by atoms with Crippen LogP contribution in [0.5, 0.6) is 0 Å². The molecule has 0 aromatic heterocycles. The standard InChI is InChI=1S/C18H31N3O.2ClH/c1-13(2)10-17(19)18(22)20-11-15-8-6-7-9-16(15)12-21(5)14(3)4;;/h6-9,13-14,17H,10-12,19H2,1-5H3,(H,20,22);2*1H/t17-;;/m0../s1. The fourth-order valence-corrected chi connectivity index (χ4v) is 2.26. The maximum Gasteiger partial charge on any atom is 0.237 e. The zero-order chi connectivity index (χ0) is 16.7. The second-order valence-electron chi connectivity index (χ2n) is 6.73. The third kappa shape index (κ3) is 8.88. The Hall–Kier alpha value is -0.810. The molecule has 0 heterocycles. The van der Waals surface area contributed by atoms with Crippen LogP contribution < -0.4 is 11.1 Å². The van der Waals surface area contributed by atoms with Crippen molar-refractivity contribution in [2.45, 2.75) is 59.3 Å². The highest BCUT2D eigenvalue weighted by Crippen LogP contribution is 2.12. The number of benzene rings is 1. The highest BCUT2D eigenvalue weighted by atomic mass is 35.5. The minimum absolute atomic E-state index is 0. The summed E-state index contributed by atoms with van der Waals surface area (Å²) in [6.07, 6.45) is 0.712. The predicted molar refractivity (Wildman–Crippen MR) is 107 cm³/mol. The Balaban J connectivity index is 0. The van der Waals surface area contributed by atoms with Gasteiger partial charge in [-0.25, -0.2) is 0 Å². The lowest BCUT2D eigenvalue weighted by atomic mass is 10.0. The zero-order valence-corrected chi connectivity index (χ0v) is 17.0. The van der Waals surface area contributed by atoms with Gasteiger partial charge in [-0.2, -0.15) is 0 Å². The van der Waals surface area contributed by atoms with Gasteiger partial charge in [0.1, 0.15) is 0 Å². The maximum absolute atomic E-state index is 12.0. The summed E-state index contributed by atoms with van der Waals surface area (Å²) >= 11 is 0. The van der Waals surface area contributed by atoms with E-state index in [2.05, 4.69) is 57.1 Å². The minimum Gasteiger partial charge on any atom is -0.351 e. The lowest BCUT2D eigenvalue weighted by Gasteiger charge is -2.23. The Labute approximate surface area is 159 Å². The summed E-state index contributed by atoms with van der Waals surface area (Å²) in [5.41, 5.74) is 8.32. The van der Waals surface area contributed by atoms with Crippen molar-refractivity contribution in [1.29, 1.82) is 0 Å². The van der Waals surface area contributed by atoms with Gasteiger partial charge in [0.25, 0.3) is 0 Å². The molecule has 24 heavy (non-hydrogen) atoms. The SMILES string of the molecule is CC(C)C[C@H](N)C(=O)NCc1ccccc1CN(C)C(C)C.Cl.Cl. The lowest BCUT2D eigenvalue weighted by Crippen LogP contribution is -2.41. The number of amides is 1. The molecule has 0 aliphatic carbocycles. The van der Waals surface area contributed by atoms with Crippen LogP contribution in [0, 0.1) is 5.92 Å². The Morgan fingerprint density at radius 2 is 1.67 bits per heavy atom. The maximum atomic E-state index is 12.0. The summed E-state index contributed by atoms with van der Waals surface area (Å²) in [4.78, 5) is 14.3. The fraction of sp³-hybridized carbons (Fsp3) is 0.611. The van der Waals surface area contributed by atoms with E-state index in [1.54, 1.807) is 0 Å². The van der Waals surface area contributed by atoms with Crippen LogP contribution >= 0.6 is 24.8 Å².